The Labute approximate surface area is 134 Å². The van der Waals surface area contributed by atoms with Crippen molar-refractivity contribution in [2.45, 2.75) is 25.3 Å². The number of aromatic amines is 1. The molecule has 0 aromatic carbocycles. The summed E-state index contributed by atoms with van der Waals surface area (Å²) in [4.78, 5) is 6.45. The molecule has 1 fully saturated rings. The molecular formula is C17H19N5O. The molecule has 0 radical (unpaired) electrons. The van der Waals surface area contributed by atoms with Crippen molar-refractivity contribution in [3.8, 4) is 11.3 Å². The maximum atomic E-state index is 5.52. The highest BCUT2D eigenvalue weighted by Crippen LogP contribution is 2.27. The van der Waals surface area contributed by atoms with E-state index in [4.69, 9.17) is 4.52 Å². The molecule has 1 aliphatic rings. The minimum Gasteiger partial charge on any atom is -0.359 e. The van der Waals surface area contributed by atoms with Gasteiger partial charge in [0.05, 0.1) is 6.54 Å². The number of H-pyrrole nitrogens is 1. The van der Waals surface area contributed by atoms with Gasteiger partial charge in [0.15, 0.2) is 5.76 Å². The van der Waals surface area contributed by atoms with E-state index in [0.29, 0.717) is 5.92 Å². The van der Waals surface area contributed by atoms with Gasteiger partial charge in [0.25, 0.3) is 0 Å². The van der Waals surface area contributed by atoms with Gasteiger partial charge in [-0.2, -0.15) is 5.10 Å². The number of rotatable bonds is 4. The molecule has 1 aliphatic heterocycles. The van der Waals surface area contributed by atoms with E-state index in [1.165, 1.54) is 18.5 Å². The van der Waals surface area contributed by atoms with Crippen LogP contribution < -0.4 is 0 Å². The van der Waals surface area contributed by atoms with Gasteiger partial charge in [-0.05, 0) is 37.6 Å². The van der Waals surface area contributed by atoms with E-state index in [0.717, 1.165) is 36.7 Å². The van der Waals surface area contributed by atoms with Gasteiger partial charge in [-0.25, -0.2) is 0 Å². The monoisotopic (exact) mass is 309 g/mol. The third-order valence-corrected chi connectivity index (χ3v) is 4.38. The second-order valence-corrected chi connectivity index (χ2v) is 6.00. The van der Waals surface area contributed by atoms with Gasteiger partial charge in [-0.15, -0.1) is 0 Å². The molecule has 3 aromatic heterocycles. The lowest BCUT2D eigenvalue weighted by Crippen LogP contribution is -2.33. The minimum atomic E-state index is 0.522. The number of likely N-dealkylation sites (tertiary alicyclic amines) is 1. The first-order valence-electron chi connectivity index (χ1n) is 7.96. The van der Waals surface area contributed by atoms with Gasteiger partial charge in [0, 0.05) is 48.4 Å². The molecule has 6 heteroatoms. The molecule has 0 saturated carbocycles. The number of hydrogen-bond acceptors (Lipinski definition) is 5. The van der Waals surface area contributed by atoms with Gasteiger partial charge < -0.3 is 4.52 Å². The molecule has 118 valence electrons. The second kappa shape index (κ2) is 6.34. The zero-order valence-electron chi connectivity index (χ0n) is 12.9. The fraction of sp³-hybridized carbons (Fsp3) is 0.353. The van der Waals surface area contributed by atoms with Crippen LogP contribution in [0, 0.1) is 0 Å². The van der Waals surface area contributed by atoms with Crippen molar-refractivity contribution in [2.24, 2.45) is 0 Å². The number of piperidine rings is 1. The highest BCUT2D eigenvalue weighted by molar-refractivity contribution is 5.57. The van der Waals surface area contributed by atoms with Crippen LogP contribution in [0.25, 0.3) is 11.3 Å². The van der Waals surface area contributed by atoms with Gasteiger partial charge in [0.1, 0.15) is 5.69 Å². The van der Waals surface area contributed by atoms with Crippen molar-refractivity contribution in [1.82, 2.24) is 25.2 Å². The average molecular weight is 309 g/mol. The Morgan fingerprint density at radius 2 is 2.13 bits per heavy atom. The zero-order valence-corrected chi connectivity index (χ0v) is 12.9. The topological polar surface area (TPSA) is 70.8 Å². The first kappa shape index (κ1) is 14.1. The normalized spacial score (nSPS) is 19.0. The molecule has 4 rings (SSSR count). The van der Waals surface area contributed by atoms with Crippen LogP contribution in [0.2, 0.25) is 0 Å². The summed E-state index contributed by atoms with van der Waals surface area (Å²) in [5.41, 5.74) is 3.12. The number of nitrogens with zero attached hydrogens (tertiary/aromatic N) is 4. The van der Waals surface area contributed by atoms with Crippen LogP contribution in [0.1, 0.15) is 30.2 Å². The minimum absolute atomic E-state index is 0.522. The third kappa shape index (κ3) is 3.17. The molecular weight excluding hydrogens is 290 g/mol. The van der Waals surface area contributed by atoms with Crippen LogP contribution in [0.5, 0.6) is 0 Å². The first-order chi connectivity index (χ1) is 11.4. The van der Waals surface area contributed by atoms with Crippen LogP contribution >= 0.6 is 0 Å². The van der Waals surface area contributed by atoms with Crippen LogP contribution in [-0.2, 0) is 6.54 Å². The summed E-state index contributed by atoms with van der Waals surface area (Å²) in [7, 11) is 0. The largest absolute Gasteiger partial charge is 0.359 e. The lowest BCUT2D eigenvalue weighted by molar-refractivity contribution is 0.179. The summed E-state index contributed by atoms with van der Waals surface area (Å²) < 4.78 is 5.52. The van der Waals surface area contributed by atoms with Crippen LogP contribution in [0.15, 0.2) is 47.4 Å². The van der Waals surface area contributed by atoms with Crippen molar-refractivity contribution in [2.75, 3.05) is 13.1 Å². The molecule has 23 heavy (non-hydrogen) atoms. The maximum Gasteiger partial charge on any atom is 0.151 e. The molecule has 3 aromatic rings. The molecule has 0 amide bonds. The Hall–Kier alpha value is -2.47. The van der Waals surface area contributed by atoms with Gasteiger partial charge >= 0.3 is 0 Å². The van der Waals surface area contributed by atoms with Gasteiger partial charge in [-0.3, -0.25) is 15.0 Å². The van der Waals surface area contributed by atoms with Crippen molar-refractivity contribution >= 4 is 0 Å². The molecule has 4 heterocycles. The molecule has 1 saturated heterocycles. The van der Waals surface area contributed by atoms with Crippen LogP contribution in [0.3, 0.4) is 0 Å². The quantitative estimate of drug-likeness (QED) is 0.802. The lowest BCUT2D eigenvalue weighted by Gasteiger charge is -2.31. The summed E-state index contributed by atoms with van der Waals surface area (Å²) in [5, 5.41) is 11.3. The number of aromatic nitrogens is 4. The molecule has 1 atom stereocenters. The number of pyridine rings is 1. The van der Waals surface area contributed by atoms with Crippen molar-refractivity contribution < 1.29 is 4.52 Å². The van der Waals surface area contributed by atoms with Crippen molar-refractivity contribution in [1.29, 1.82) is 0 Å². The molecule has 0 spiro atoms. The molecule has 6 nitrogen and oxygen atoms in total. The van der Waals surface area contributed by atoms with E-state index < -0.39 is 0 Å². The van der Waals surface area contributed by atoms with E-state index in [1.807, 2.05) is 24.4 Å². The molecule has 1 N–H and O–H groups in total. The molecule has 0 aliphatic carbocycles. The molecule has 0 unspecified atom stereocenters. The second-order valence-electron chi connectivity index (χ2n) is 6.00. The predicted molar refractivity (Wildman–Crippen MR) is 85.6 cm³/mol. The fourth-order valence-corrected chi connectivity index (χ4v) is 3.21. The summed E-state index contributed by atoms with van der Waals surface area (Å²) in [6.45, 7) is 2.91. The lowest BCUT2D eigenvalue weighted by atomic mass is 9.95. The van der Waals surface area contributed by atoms with Crippen LogP contribution in [-0.4, -0.2) is 38.3 Å². The van der Waals surface area contributed by atoms with Crippen molar-refractivity contribution in [3.05, 3.63) is 54.3 Å². The Balaban J connectivity index is 1.43. The van der Waals surface area contributed by atoms with E-state index >= 15 is 0 Å². The van der Waals surface area contributed by atoms with E-state index in [2.05, 4.69) is 31.3 Å². The summed E-state index contributed by atoms with van der Waals surface area (Å²) in [5.74, 6) is 1.43. The van der Waals surface area contributed by atoms with Crippen LogP contribution in [0.4, 0.5) is 0 Å². The first-order valence-corrected chi connectivity index (χ1v) is 7.96. The van der Waals surface area contributed by atoms with Gasteiger partial charge in [0.2, 0.25) is 0 Å². The SMILES string of the molecule is c1cc(-c2cc(CN3CCC[C@H](c4ccn[nH]4)C3)on2)ccn1. The zero-order chi connectivity index (χ0) is 15.5. The third-order valence-electron chi connectivity index (χ3n) is 4.38. The Morgan fingerprint density at radius 1 is 1.22 bits per heavy atom. The summed E-state index contributed by atoms with van der Waals surface area (Å²) in [6, 6.07) is 7.98. The predicted octanol–water partition coefficient (Wildman–Crippen LogP) is 2.84. The standard InChI is InChI=1S/C17H19N5O/c1-2-14(16-5-8-19-20-16)11-22(9-1)12-15-10-17(21-23-15)13-3-6-18-7-4-13/h3-8,10,14H,1-2,9,11-12H2,(H,19,20)/t14-/m0/s1. The van der Waals surface area contributed by atoms with E-state index in [1.54, 1.807) is 12.4 Å². The summed E-state index contributed by atoms with van der Waals surface area (Å²) in [6.07, 6.45) is 7.75. The average Bonchev–Trinajstić information content (AvgIpc) is 3.28. The highest BCUT2D eigenvalue weighted by atomic mass is 16.5. The Kier molecular flexibility index (Phi) is 3.90. The highest BCUT2D eigenvalue weighted by Gasteiger charge is 2.23. The maximum absolute atomic E-state index is 5.52. The number of nitrogens with one attached hydrogen (secondary N) is 1. The Bertz CT molecular complexity index is 737. The Morgan fingerprint density at radius 3 is 2.96 bits per heavy atom. The van der Waals surface area contributed by atoms with E-state index in [-0.39, 0.29) is 0 Å². The smallest absolute Gasteiger partial charge is 0.151 e. The number of hydrogen-bond donors (Lipinski definition) is 1. The van der Waals surface area contributed by atoms with E-state index in [9.17, 15) is 0 Å². The fourth-order valence-electron chi connectivity index (χ4n) is 3.21. The van der Waals surface area contributed by atoms with Crippen molar-refractivity contribution in [3.63, 3.8) is 0 Å². The van der Waals surface area contributed by atoms with Gasteiger partial charge in [-0.1, -0.05) is 5.16 Å². The molecule has 0 bridgehead atoms. The summed E-state index contributed by atoms with van der Waals surface area (Å²) >= 11 is 0.